The summed E-state index contributed by atoms with van der Waals surface area (Å²) < 4.78 is 17.0. The first-order valence-electron chi connectivity index (χ1n) is 14.0. The highest BCUT2D eigenvalue weighted by Gasteiger charge is 2.15. The van der Waals surface area contributed by atoms with Crippen molar-refractivity contribution in [3.8, 4) is 33.8 Å². The zero-order valence-corrected chi connectivity index (χ0v) is 22.4. The average molecular weight is 501 g/mol. The Balaban J connectivity index is 1.38. The molecular weight excluding hydrogens is 460 g/mol. The van der Waals surface area contributed by atoms with E-state index < -0.39 is 0 Å². The van der Waals surface area contributed by atoms with E-state index in [1.54, 1.807) is 0 Å². The highest BCUT2D eigenvalue weighted by atomic mass is 16.6. The van der Waals surface area contributed by atoms with E-state index in [0.717, 1.165) is 70.8 Å². The molecule has 0 saturated heterocycles. The number of hydrogen-bond donors (Lipinski definition) is 0. The van der Waals surface area contributed by atoms with Gasteiger partial charge in [0.15, 0.2) is 0 Å². The SMILES string of the molecule is CCCCCCCOc1ccc(-c2ccc(-c3ccc(OCCCCCCC)cc3)c3nonc23)cc1. The summed E-state index contributed by atoms with van der Waals surface area (Å²) in [4.78, 5) is 0. The number of nitrogens with zero attached hydrogens (tertiary/aromatic N) is 2. The molecule has 0 radical (unpaired) electrons. The Morgan fingerprint density at radius 1 is 0.514 bits per heavy atom. The van der Waals surface area contributed by atoms with E-state index in [0.29, 0.717) is 0 Å². The molecule has 0 fully saturated rings. The fourth-order valence-corrected chi connectivity index (χ4v) is 4.59. The van der Waals surface area contributed by atoms with E-state index in [1.165, 1.54) is 51.4 Å². The first-order valence-corrected chi connectivity index (χ1v) is 14.0. The third-order valence-electron chi connectivity index (χ3n) is 6.78. The predicted octanol–water partition coefficient (Wildman–Crippen LogP) is 9.26. The van der Waals surface area contributed by atoms with Crippen molar-refractivity contribution in [2.75, 3.05) is 13.2 Å². The van der Waals surface area contributed by atoms with E-state index >= 15 is 0 Å². The molecule has 0 bridgehead atoms. The third-order valence-corrected chi connectivity index (χ3v) is 6.78. The molecule has 0 spiro atoms. The molecule has 0 aliphatic carbocycles. The molecule has 5 heteroatoms. The van der Waals surface area contributed by atoms with Crippen LogP contribution < -0.4 is 9.47 Å². The summed E-state index contributed by atoms with van der Waals surface area (Å²) in [7, 11) is 0. The summed E-state index contributed by atoms with van der Waals surface area (Å²) in [6.45, 7) is 5.99. The molecule has 0 amide bonds. The lowest BCUT2D eigenvalue weighted by molar-refractivity contribution is 0.304. The summed E-state index contributed by atoms with van der Waals surface area (Å²) in [5.41, 5.74) is 5.63. The van der Waals surface area contributed by atoms with E-state index in [9.17, 15) is 0 Å². The van der Waals surface area contributed by atoms with Crippen LogP contribution in [0.4, 0.5) is 0 Å². The molecule has 1 heterocycles. The van der Waals surface area contributed by atoms with Gasteiger partial charge in [-0.25, -0.2) is 4.63 Å². The molecule has 3 aromatic carbocycles. The van der Waals surface area contributed by atoms with E-state index in [-0.39, 0.29) is 0 Å². The standard InChI is InChI=1S/C32H40N2O3/c1-3-5-7-9-11-23-35-27-17-13-25(14-18-27)29-21-22-30(32-31(29)33-37-34-32)26-15-19-28(20-16-26)36-24-12-10-8-6-4-2/h13-22H,3-12,23-24H2,1-2H3. The fraction of sp³-hybridized carbons (Fsp3) is 0.438. The van der Waals surface area contributed by atoms with Crippen LogP contribution in [0.2, 0.25) is 0 Å². The lowest BCUT2D eigenvalue weighted by Gasteiger charge is -2.10. The molecule has 0 unspecified atom stereocenters. The Morgan fingerprint density at radius 3 is 1.32 bits per heavy atom. The van der Waals surface area contributed by atoms with Gasteiger partial charge in [0.2, 0.25) is 0 Å². The van der Waals surface area contributed by atoms with Gasteiger partial charge in [-0.1, -0.05) is 102 Å². The van der Waals surface area contributed by atoms with Crippen molar-refractivity contribution in [2.45, 2.75) is 78.1 Å². The molecular formula is C32H40N2O3. The molecule has 0 N–H and O–H groups in total. The van der Waals surface area contributed by atoms with Crippen LogP contribution in [0.1, 0.15) is 78.1 Å². The number of ether oxygens (including phenoxy) is 2. The van der Waals surface area contributed by atoms with E-state index in [4.69, 9.17) is 14.1 Å². The normalized spacial score (nSPS) is 11.2. The summed E-state index contributed by atoms with van der Waals surface area (Å²) in [6, 6.07) is 20.6. The Kier molecular flexibility index (Phi) is 10.4. The minimum atomic E-state index is 0.759. The first-order chi connectivity index (χ1) is 18.3. The Hall–Kier alpha value is -3.34. The second kappa shape index (κ2) is 14.4. The van der Waals surface area contributed by atoms with E-state index in [2.05, 4.69) is 60.6 Å². The van der Waals surface area contributed by atoms with E-state index in [1.807, 2.05) is 24.3 Å². The van der Waals surface area contributed by atoms with Crippen LogP contribution in [0, 0.1) is 0 Å². The Labute approximate surface area is 221 Å². The van der Waals surface area contributed by atoms with Crippen molar-refractivity contribution in [1.82, 2.24) is 10.3 Å². The van der Waals surface area contributed by atoms with Crippen molar-refractivity contribution >= 4 is 11.0 Å². The van der Waals surface area contributed by atoms with Crippen molar-refractivity contribution in [3.63, 3.8) is 0 Å². The second-order valence-corrected chi connectivity index (χ2v) is 9.70. The molecule has 37 heavy (non-hydrogen) atoms. The maximum Gasteiger partial charge on any atom is 0.143 e. The zero-order chi connectivity index (χ0) is 25.7. The number of benzene rings is 3. The molecule has 0 atom stereocenters. The Morgan fingerprint density at radius 2 is 0.919 bits per heavy atom. The van der Waals surface area contributed by atoms with Gasteiger partial charge in [0, 0.05) is 11.1 Å². The van der Waals surface area contributed by atoms with Gasteiger partial charge in [0.1, 0.15) is 22.5 Å². The Bertz CT molecular complexity index is 1110. The van der Waals surface area contributed by atoms with Crippen LogP contribution in [0.25, 0.3) is 33.3 Å². The van der Waals surface area contributed by atoms with Gasteiger partial charge >= 0.3 is 0 Å². The second-order valence-electron chi connectivity index (χ2n) is 9.70. The van der Waals surface area contributed by atoms with Crippen molar-refractivity contribution in [1.29, 1.82) is 0 Å². The van der Waals surface area contributed by atoms with Crippen LogP contribution in [-0.2, 0) is 0 Å². The molecule has 4 rings (SSSR count). The summed E-state index contributed by atoms with van der Waals surface area (Å²) in [6.07, 6.45) is 12.4. The van der Waals surface area contributed by atoms with Crippen LogP contribution >= 0.6 is 0 Å². The van der Waals surface area contributed by atoms with Gasteiger partial charge in [0.05, 0.1) is 13.2 Å². The summed E-state index contributed by atoms with van der Waals surface area (Å²) in [5.74, 6) is 1.79. The van der Waals surface area contributed by atoms with Gasteiger partial charge in [-0.3, -0.25) is 0 Å². The fourth-order valence-electron chi connectivity index (χ4n) is 4.59. The van der Waals surface area contributed by atoms with Gasteiger partial charge < -0.3 is 9.47 Å². The summed E-state index contributed by atoms with van der Waals surface area (Å²) >= 11 is 0. The average Bonchev–Trinajstić information content (AvgIpc) is 3.43. The number of rotatable bonds is 16. The van der Waals surface area contributed by atoms with Crippen LogP contribution in [0.5, 0.6) is 11.5 Å². The van der Waals surface area contributed by atoms with Crippen LogP contribution in [0.15, 0.2) is 65.3 Å². The van der Waals surface area contributed by atoms with Gasteiger partial charge in [-0.05, 0) is 58.5 Å². The largest absolute Gasteiger partial charge is 0.494 e. The summed E-state index contributed by atoms with van der Waals surface area (Å²) in [5, 5.41) is 8.47. The third kappa shape index (κ3) is 7.58. The van der Waals surface area contributed by atoms with Gasteiger partial charge in [0.25, 0.3) is 0 Å². The van der Waals surface area contributed by atoms with Crippen molar-refractivity contribution in [2.24, 2.45) is 0 Å². The minimum absolute atomic E-state index is 0.759. The van der Waals surface area contributed by atoms with Crippen molar-refractivity contribution < 1.29 is 14.1 Å². The minimum Gasteiger partial charge on any atom is -0.494 e. The highest BCUT2D eigenvalue weighted by molar-refractivity contribution is 6.00. The number of unbranched alkanes of at least 4 members (excludes halogenated alkanes) is 8. The maximum absolute atomic E-state index is 5.93. The molecule has 5 nitrogen and oxygen atoms in total. The zero-order valence-electron chi connectivity index (χ0n) is 22.4. The van der Waals surface area contributed by atoms with Crippen LogP contribution in [0.3, 0.4) is 0 Å². The van der Waals surface area contributed by atoms with Gasteiger partial charge in [-0.15, -0.1) is 0 Å². The number of hydrogen-bond acceptors (Lipinski definition) is 5. The highest BCUT2D eigenvalue weighted by Crippen LogP contribution is 2.35. The van der Waals surface area contributed by atoms with Gasteiger partial charge in [-0.2, -0.15) is 0 Å². The number of fused-ring (bicyclic) bond motifs is 1. The quantitative estimate of drug-likeness (QED) is 0.143. The molecule has 0 saturated carbocycles. The molecule has 196 valence electrons. The molecule has 1 aromatic heterocycles. The monoisotopic (exact) mass is 500 g/mol. The predicted molar refractivity (Wildman–Crippen MR) is 151 cm³/mol. The number of aromatic nitrogens is 2. The molecule has 0 aliphatic heterocycles. The topological polar surface area (TPSA) is 57.4 Å². The van der Waals surface area contributed by atoms with Crippen molar-refractivity contribution in [3.05, 3.63) is 60.7 Å². The van der Waals surface area contributed by atoms with Crippen LogP contribution in [-0.4, -0.2) is 23.5 Å². The lowest BCUT2D eigenvalue weighted by atomic mass is 9.98. The molecule has 4 aromatic rings. The maximum atomic E-state index is 5.93. The lowest BCUT2D eigenvalue weighted by Crippen LogP contribution is -1.97. The molecule has 0 aliphatic rings. The smallest absolute Gasteiger partial charge is 0.143 e. The first kappa shape index (κ1) is 26.7.